The number of nitrogens with zero attached hydrogens (tertiary/aromatic N) is 1. The fourth-order valence-electron chi connectivity index (χ4n) is 2.35. The summed E-state index contributed by atoms with van der Waals surface area (Å²) in [7, 11) is 1.84. The predicted octanol–water partition coefficient (Wildman–Crippen LogP) is 1.63. The van der Waals surface area contributed by atoms with Crippen LogP contribution in [0.4, 0.5) is 0 Å². The molecule has 1 N–H and O–H groups in total. The molecule has 15 heavy (non-hydrogen) atoms. The Morgan fingerprint density at radius 3 is 2.47 bits per heavy atom. The lowest BCUT2D eigenvalue weighted by Gasteiger charge is -2.27. The van der Waals surface area contributed by atoms with Crippen LogP contribution in [-0.2, 0) is 4.79 Å². The van der Waals surface area contributed by atoms with Gasteiger partial charge in [0.1, 0.15) is 0 Å². The van der Waals surface area contributed by atoms with Crippen LogP contribution in [0.3, 0.4) is 0 Å². The molecule has 1 rings (SSSR count). The highest BCUT2D eigenvalue weighted by Crippen LogP contribution is 2.37. The van der Waals surface area contributed by atoms with Crippen LogP contribution in [0.15, 0.2) is 0 Å². The second-order valence-corrected chi connectivity index (χ2v) is 4.73. The second-order valence-electron chi connectivity index (χ2n) is 4.73. The van der Waals surface area contributed by atoms with Gasteiger partial charge in [-0.3, -0.25) is 4.79 Å². The minimum atomic E-state index is -0.0467. The van der Waals surface area contributed by atoms with Crippen molar-refractivity contribution in [2.75, 3.05) is 20.1 Å². The lowest BCUT2D eigenvalue weighted by atomic mass is 9.82. The fourth-order valence-corrected chi connectivity index (χ4v) is 2.35. The van der Waals surface area contributed by atoms with Gasteiger partial charge in [-0.25, -0.2) is 0 Å². The Hall–Kier alpha value is -0.570. The second kappa shape index (κ2) is 4.97. The van der Waals surface area contributed by atoms with Crippen LogP contribution < -0.4 is 5.32 Å². The number of hydrogen-bond donors (Lipinski definition) is 1. The maximum absolute atomic E-state index is 12.0. The van der Waals surface area contributed by atoms with E-state index in [0.29, 0.717) is 5.41 Å². The molecule has 1 aliphatic rings. The molecule has 0 bridgehead atoms. The monoisotopic (exact) mass is 212 g/mol. The molecular formula is C12H24N2O. The summed E-state index contributed by atoms with van der Waals surface area (Å²) in [6, 6.07) is -0.0467. The summed E-state index contributed by atoms with van der Waals surface area (Å²) in [6.45, 7) is 8.29. The molecule has 1 unspecified atom stereocenters. The molecule has 1 atom stereocenters. The van der Waals surface area contributed by atoms with Crippen molar-refractivity contribution < 1.29 is 4.79 Å². The van der Waals surface area contributed by atoms with Crippen molar-refractivity contribution in [3.8, 4) is 0 Å². The molecule has 0 aromatic carbocycles. The molecule has 0 saturated carbocycles. The third-order valence-electron chi connectivity index (χ3n) is 4.05. The standard InChI is InChI=1S/C12H24N2O/c1-5-12(6-2)7-8-14(9-12)11(15)10(3)13-4/h10,13H,5-9H2,1-4H3. The number of likely N-dealkylation sites (tertiary alicyclic amines) is 1. The van der Waals surface area contributed by atoms with Gasteiger partial charge in [-0.15, -0.1) is 0 Å². The van der Waals surface area contributed by atoms with Gasteiger partial charge >= 0.3 is 0 Å². The predicted molar refractivity (Wildman–Crippen MR) is 62.7 cm³/mol. The first-order chi connectivity index (χ1) is 7.08. The molecule has 1 fully saturated rings. The number of hydrogen-bond acceptors (Lipinski definition) is 2. The smallest absolute Gasteiger partial charge is 0.239 e. The quantitative estimate of drug-likeness (QED) is 0.768. The minimum Gasteiger partial charge on any atom is -0.341 e. The van der Waals surface area contributed by atoms with Gasteiger partial charge in [-0.05, 0) is 38.6 Å². The third-order valence-corrected chi connectivity index (χ3v) is 4.05. The highest BCUT2D eigenvalue weighted by molar-refractivity contribution is 5.81. The number of carbonyl (C=O) groups excluding carboxylic acids is 1. The summed E-state index contributed by atoms with van der Waals surface area (Å²) < 4.78 is 0. The Kier molecular flexibility index (Phi) is 4.14. The third kappa shape index (κ3) is 2.51. The van der Waals surface area contributed by atoms with Crippen molar-refractivity contribution in [1.29, 1.82) is 0 Å². The molecule has 1 amide bonds. The van der Waals surface area contributed by atoms with E-state index >= 15 is 0 Å². The summed E-state index contributed by atoms with van der Waals surface area (Å²) in [4.78, 5) is 14.0. The summed E-state index contributed by atoms with van der Waals surface area (Å²) >= 11 is 0. The van der Waals surface area contributed by atoms with Crippen LogP contribution in [0.25, 0.3) is 0 Å². The Morgan fingerprint density at radius 2 is 2.07 bits per heavy atom. The number of nitrogens with one attached hydrogen (secondary N) is 1. The largest absolute Gasteiger partial charge is 0.341 e. The lowest BCUT2D eigenvalue weighted by molar-refractivity contribution is -0.132. The highest BCUT2D eigenvalue weighted by atomic mass is 16.2. The molecule has 1 heterocycles. The summed E-state index contributed by atoms with van der Waals surface area (Å²) in [5, 5.41) is 3.01. The first-order valence-electron chi connectivity index (χ1n) is 6.04. The number of carbonyl (C=O) groups is 1. The van der Waals surface area contributed by atoms with Crippen LogP contribution >= 0.6 is 0 Å². The van der Waals surface area contributed by atoms with Gasteiger partial charge in [0.15, 0.2) is 0 Å². The van der Waals surface area contributed by atoms with Gasteiger partial charge in [-0.1, -0.05) is 13.8 Å². The van der Waals surface area contributed by atoms with Crippen molar-refractivity contribution in [3.05, 3.63) is 0 Å². The van der Waals surface area contributed by atoms with E-state index in [1.165, 1.54) is 19.3 Å². The van der Waals surface area contributed by atoms with Gasteiger partial charge in [0.05, 0.1) is 6.04 Å². The van der Waals surface area contributed by atoms with Gasteiger partial charge in [0.2, 0.25) is 5.91 Å². The maximum Gasteiger partial charge on any atom is 0.239 e. The minimum absolute atomic E-state index is 0.0467. The number of likely N-dealkylation sites (N-methyl/N-ethyl adjacent to an activating group) is 1. The topological polar surface area (TPSA) is 32.3 Å². The van der Waals surface area contributed by atoms with Crippen LogP contribution in [-0.4, -0.2) is 37.0 Å². The molecule has 3 nitrogen and oxygen atoms in total. The number of rotatable bonds is 4. The van der Waals surface area contributed by atoms with E-state index in [-0.39, 0.29) is 11.9 Å². The van der Waals surface area contributed by atoms with Crippen LogP contribution in [0, 0.1) is 5.41 Å². The van der Waals surface area contributed by atoms with Crippen molar-refractivity contribution >= 4 is 5.91 Å². The molecule has 88 valence electrons. The van der Waals surface area contributed by atoms with Crippen molar-refractivity contribution in [2.24, 2.45) is 5.41 Å². The lowest BCUT2D eigenvalue weighted by Crippen LogP contribution is -2.43. The fraction of sp³-hybridized carbons (Fsp3) is 0.917. The zero-order valence-corrected chi connectivity index (χ0v) is 10.5. The normalized spacial score (nSPS) is 21.7. The Bertz CT molecular complexity index is 224. The van der Waals surface area contributed by atoms with Crippen molar-refractivity contribution in [1.82, 2.24) is 10.2 Å². The van der Waals surface area contributed by atoms with Crippen LogP contribution in [0.5, 0.6) is 0 Å². The average Bonchev–Trinajstić information content (AvgIpc) is 2.72. The molecule has 1 saturated heterocycles. The van der Waals surface area contributed by atoms with E-state index in [2.05, 4.69) is 19.2 Å². The van der Waals surface area contributed by atoms with Crippen LogP contribution in [0.1, 0.15) is 40.0 Å². The van der Waals surface area contributed by atoms with Crippen molar-refractivity contribution in [2.45, 2.75) is 46.1 Å². The van der Waals surface area contributed by atoms with E-state index < -0.39 is 0 Å². The Labute approximate surface area is 93.2 Å². The Morgan fingerprint density at radius 1 is 1.47 bits per heavy atom. The zero-order chi connectivity index (χ0) is 11.5. The Balaban J connectivity index is 2.59. The molecule has 3 heteroatoms. The molecule has 0 aromatic rings. The van der Waals surface area contributed by atoms with E-state index in [0.717, 1.165) is 13.1 Å². The summed E-state index contributed by atoms with van der Waals surface area (Å²) in [6.07, 6.45) is 3.53. The van der Waals surface area contributed by atoms with E-state index in [4.69, 9.17) is 0 Å². The van der Waals surface area contributed by atoms with Crippen molar-refractivity contribution in [3.63, 3.8) is 0 Å². The first kappa shape index (κ1) is 12.5. The first-order valence-corrected chi connectivity index (χ1v) is 6.04. The highest BCUT2D eigenvalue weighted by Gasteiger charge is 2.37. The average molecular weight is 212 g/mol. The van der Waals surface area contributed by atoms with Gasteiger partial charge in [0, 0.05) is 13.1 Å². The molecule has 1 aliphatic heterocycles. The van der Waals surface area contributed by atoms with Gasteiger partial charge in [0.25, 0.3) is 0 Å². The summed E-state index contributed by atoms with van der Waals surface area (Å²) in [5.74, 6) is 0.251. The molecule has 0 spiro atoms. The zero-order valence-electron chi connectivity index (χ0n) is 10.5. The SMILES string of the molecule is CCC1(CC)CCN(C(=O)C(C)NC)C1. The maximum atomic E-state index is 12.0. The van der Waals surface area contributed by atoms with E-state index in [9.17, 15) is 4.79 Å². The van der Waals surface area contributed by atoms with Gasteiger partial charge < -0.3 is 10.2 Å². The van der Waals surface area contributed by atoms with E-state index in [1.54, 1.807) is 0 Å². The molecular weight excluding hydrogens is 188 g/mol. The molecule has 0 aliphatic carbocycles. The van der Waals surface area contributed by atoms with Gasteiger partial charge in [-0.2, -0.15) is 0 Å². The number of amides is 1. The summed E-state index contributed by atoms with van der Waals surface area (Å²) in [5.41, 5.74) is 0.392. The van der Waals surface area contributed by atoms with E-state index in [1.807, 2.05) is 18.9 Å². The molecule has 0 radical (unpaired) electrons. The molecule has 0 aromatic heterocycles. The van der Waals surface area contributed by atoms with Crippen LogP contribution in [0.2, 0.25) is 0 Å².